The van der Waals surface area contributed by atoms with Gasteiger partial charge in [-0.15, -0.1) is 12.4 Å². The van der Waals surface area contributed by atoms with Gasteiger partial charge in [-0.25, -0.2) is 4.39 Å². The largest absolute Gasteiger partial charge is 0.401 e. The maximum Gasteiger partial charge on any atom is 0.401 e. The van der Waals surface area contributed by atoms with Crippen molar-refractivity contribution in [1.82, 2.24) is 14.5 Å². The molecule has 1 aliphatic heterocycles. The third-order valence-electron chi connectivity index (χ3n) is 5.68. The molecule has 154 valence electrons. The van der Waals surface area contributed by atoms with Crippen LogP contribution < -0.4 is 5.32 Å². The topological polar surface area (TPSA) is 21.9 Å². The number of benzene rings is 1. The Kier molecular flexibility index (Phi) is 5.77. The maximum atomic E-state index is 14.5. The molecule has 28 heavy (non-hydrogen) atoms. The molecule has 0 bridgehead atoms. The first kappa shape index (κ1) is 21.8. The molecule has 2 atom stereocenters. The lowest BCUT2D eigenvalue weighted by Gasteiger charge is -2.15. The molecule has 10 heteroatoms. The number of imidazole rings is 1. The van der Waals surface area contributed by atoms with Crippen LogP contribution in [0.25, 0.3) is 0 Å². The fourth-order valence-corrected chi connectivity index (χ4v) is 5.02. The molecule has 0 spiro atoms. The predicted octanol–water partition coefficient (Wildman–Crippen LogP) is 5.01. The molecule has 1 aromatic heterocycles. The molecule has 1 aliphatic carbocycles. The molecule has 1 saturated carbocycles. The van der Waals surface area contributed by atoms with Crippen molar-refractivity contribution in [3.05, 3.63) is 50.2 Å². The first-order valence-corrected chi connectivity index (χ1v) is 9.85. The molecule has 1 N–H and O–H groups in total. The molecule has 1 aromatic carbocycles. The summed E-state index contributed by atoms with van der Waals surface area (Å²) in [6.45, 7) is -0.183. The zero-order valence-corrected chi connectivity index (χ0v) is 18.2. The maximum absolute atomic E-state index is 14.5. The second-order valence-corrected chi connectivity index (χ2v) is 8.62. The van der Waals surface area contributed by atoms with E-state index in [1.54, 1.807) is 6.07 Å². The van der Waals surface area contributed by atoms with Gasteiger partial charge in [-0.2, -0.15) is 13.2 Å². The minimum Gasteiger partial charge on any atom is -0.324 e. The Balaban J connectivity index is 0.00000225. The molecule has 0 unspecified atom stereocenters. The number of rotatable bonds is 5. The summed E-state index contributed by atoms with van der Waals surface area (Å²) in [6.07, 6.45) is -2.94. The van der Waals surface area contributed by atoms with E-state index in [2.05, 4.69) is 21.2 Å². The third kappa shape index (κ3) is 3.55. The molecular weight excluding hydrogens is 482 g/mol. The van der Waals surface area contributed by atoms with E-state index >= 15 is 0 Å². The summed E-state index contributed by atoms with van der Waals surface area (Å²) in [4.78, 5) is 0. The fraction of sp³-hybridized carbons (Fsp3) is 0.500. The highest BCUT2D eigenvalue weighted by atomic mass is 79.9. The van der Waals surface area contributed by atoms with Gasteiger partial charge in [0.15, 0.2) is 4.77 Å². The number of hydrogen-bond acceptors (Lipinski definition) is 2. The van der Waals surface area contributed by atoms with Crippen molar-refractivity contribution in [2.45, 2.75) is 36.9 Å². The standard InChI is InChI=1S/C18H18BrF4N3S.ClH/c1-25-14(4-5-24-8-18(21,22)23)15-12-7-17(12,9-26(15)16(25)27)11-6-10(19)2-3-13(11)20;/h2-3,6,12,24H,4-5,7-9H2,1H3;1H/t12-,17+;/m0./s1. The minimum atomic E-state index is -4.22. The summed E-state index contributed by atoms with van der Waals surface area (Å²) in [5.41, 5.74) is 2.38. The van der Waals surface area contributed by atoms with E-state index in [4.69, 9.17) is 12.2 Å². The van der Waals surface area contributed by atoms with Crippen molar-refractivity contribution >= 4 is 40.6 Å². The SMILES string of the molecule is Cl.Cn1c(CCNCC(F)(F)F)c2n(c1=S)C[C@@]1(c3cc(Br)ccc3F)C[C@@H]21. The lowest BCUT2D eigenvalue weighted by molar-refractivity contribution is -0.124. The van der Waals surface area contributed by atoms with Gasteiger partial charge in [0.1, 0.15) is 5.82 Å². The van der Waals surface area contributed by atoms with E-state index in [1.807, 2.05) is 22.2 Å². The van der Waals surface area contributed by atoms with Gasteiger partial charge in [0.2, 0.25) is 0 Å². The van der Waals surface area contributed by atoms with Crippen LogP contribution in [0.15, 0.2) is 22.7 Å². The van der Waals surface area contributed by atoms with Gasteiger partial charge >= 0.3 is 6.18 Å². The fourth-order valence-electron chi connectivity index (χ4n) is 4.38. The summed E-state index contributed by atoms with van der Waals surface area (Å²) in [5, 5.41) is 2.44. The first-order chi connectivity index (χ1) is 12.6. The average Bonchev–Trinajstić information content (AvgIpc) is 3.14. The Morgan fingerprint density at radius 3 is 2.75 bits per heavy atom. The molecular formula is C18H19BrClF4N3S. The van der Waals surface area contributed by atoms with Gasteiger partial charge in [0.25, 0.3) is 0 Å². The van der Waals surface area contributed by atoms with Crippen LogP contribution in [0.4, 0.5) is 17.6 Å². The summed E-state index contributed by atoms with van der Waals surface area (Å²) < 4.78 is 56.9. The van der Waals surface area contributed by atoms with Crippen molar-refractivity contribution in [3.63, 3.8) is 0 Å². The van der Waals surface area contributed by atoms with Gasteiger partial charge in [-0.05, 0) is 42.4 Å². The molecule has 0 saturated heterocycles. The second kappa shape index (κ2) is 7.41. The number of alkyl halides is 3. The summed E-state index contributed by atoms with van der Waals surface area (Å²) in [6, 6.07) is 4.97. The number of fused-ring (bicyclic) bond motifs is 3. The van der Waals surface area contributed by atoms with Crippen molar-refractivity contribution in [2.24, 2.45) is 7.05 Å². The highest BCUT2D eigenvalue weighted by molar-refractivity contribution is 9.10. The van der Waals surface area contributed by atoms with Crippen LogP contribution in [0.3, 0.4) is 0 Å². The lowest BCUT2D eigenvalue weighted by Crippen LogP contribution is -2.30. The molecule has 2 aliphatic rings. The van der Waals surface area contributed by atoms with Gasteiger partial charge in [-0.1, -0.05) is 15.9 Å². The van der Waals surface area contributed by atoms with Crippen molar-refractivity contribution in [1.29, 1.82) is 0 Å². The number of hydrogen-bond donors (Lipinski definition) is 1. The van der Waals surface area contributed by atoms with Crippen LogP contribution in [0.1, 0.15) is 29.3 Å². The molecule has 0 amide bonds. The Labute approximate surface area is 179 Å². The number of nitrogens with zero attached hydrogens (tertiary/aromatic N) is 2. The van der Waals surface area contributed by atoms with E-state index in [-0.39, 0.29) is 36.1 Å². The molecule has 4 rings (SSSR count). The van der Waals surface area contributed by atoms with Crippen LogP contribution >= 0.6 is 40.6 Å². The van der Waals surface area contributed by atoms with Crippen LogP contribution in [0.5, 0.6) is 0 Å². The first-order valence-electron chi connectivity index (χ1n) is 8.65. The molecule has 2 aromatic rings. The van der Waals surface area contributed by atoms with Crippen LogP contribution in [-0.4, -0.2) is 28.4 Å². The Hall–Kier alpha value is -0.900. The van der Waals surface area contributed by atoms with E-state index in [0.717, 1.165) is 22.3 Å². The van der Waals surface area contributed by atoms with Gasteiger partial charge in [0, 0.05) is 53.8 Å². The second-order valence-electron chi connectivity index (χ2n) is 7.34. The quantitative estimate of drug-likeness (QED) is 0.354. The summed E-state index contributed by atoms with van der Waals surface area (Å²) in [5.74, 6) is -0.0723. The predicted molar refractivity (Wildman–Crippen MR) is 107 cm³/mol. The average molecular weight is 501 g/mol. The van der Waals surface area contributed by atoms with Crippen LogP contribution in [0.2, 0.25) is 0 Å². The normalized spacial score (nSPS) is 22.6. The van der Waals surface area contributed by atoms with Crippen molar-refractivity contribution < 1.29 is 17.6 Å². The van der Waals surface area contributed by atoms with Gasteiger partial charge in [-0.3, -0.25) is 0 Å². The molecule has 2 heterocycles. The lowest BCUT2D eigenvalue weighted by atomic mass is 9.93. The monoisotopic (exact) mass is 499 g/mol. The zero-order chi connectivity index (χ0) is 19.6. The van der Waals surface area contributed by atoms with Crippen LogP contribution in [0, 0.1) is 10.6 Å². The summed E-state index contributed by atoms with van der Waals surface area (Å²) in [7, 11) is 1.84. The molecule has 1 fully saturated rings. The van der Waals surface area contributed by atoms with Crippen LogP contribution in [-0.2, 0) is 25.4 Å². The minimum absolute atomic E-state index is 0. The smallest absolute Gasteiger partial charge is 0.324 e. The summed E-state index contributed by atoms with van der Waals surface area (Å²) >= 11 is 8.95. The van der Waals surface area contributed by atoms with Gasteiger partial charge in [0.05, 0.1) is 6.54 Å². The number of halogens is 6. The Bertz CT molecular complexity index is 971. The van der Waals surface area contributed by atoms with Gasteiger partial charge < -0.3 is 14.5 Å². The van der Waals surface area contributed by atoms with E-state index in [9.17, 15) is 17.6 Å². The Morgan fingerprint density at radius 1 is 1.36 bits per heavy atom. The number of nitrogens with one attached hydrogen (secondary N) is 1. The van der Waals surface area contributed by atoms with E-state index < -0.39 is 12.7 Å². The van der Waals surface area contributed by atoms with E-state index in [0.29, 0.717) is 23.3 Å². The highest BCUT2D eigenvalue weighted by Gasteiger charge is 2.63. The van der Waals surface area contributed by atoms with Crippen molar-refractivity contribution in [3.8, 4) is 0 Å². The number of aromatic nitrogens is 2. The van der Waals surface area contributed by atoms with Crippen molar-refractivity contribution in [2.75, 3.05) is 13.1 Å². The molecule has 3 nitrogen and oxygen atoms in total. The third-order valence-corrected chi connectivity index (χ3v) is 6.67. The Morgan fingerprint density at radius 2 is 2.07 bits per heavy atom. The highest BCUT2D eigenvalue weighted by Crippen LogP contribution is 2.66. The molecule has 0 radical (unpaired) electrons. The van der Waals surface area contributed by atoms with E-state index in [1.165, 1.54) is 6.07 Å². The zero-order valence-electron chi connectivity index (χ0n) is 14.9.